The molecule has 0 aliphatic carbocycles. The molecule has 4 nitrogen and oxygen atoms in total. The van der Waals surface area contributed by atoms with Crippen LogP contribution in [0.1, 0.15) is 15.9 Å². The number of nitriles is 1. The van der Waals surface area contributed by atoms with Crippen LogP contribution in [-0.2, 0) is 0 Å². The summed E-state index contributed by atoms with van der Waals surface area (Å²) in [7, 11) is 0. The number of benzene rings is 1. The number of carbonyl (C=O) groups excluding carboxylic acids is 1. The molecule has 1 aromatic rings. The predicted octanol–water partition coefficient (Wildman–Crippen LogP) is 0.954. The van der Waals surface area contributed by atoms with Crippen LogP contribution in [0.3, 0.4) is 0 Å². The fraction of sp³-hybridized carbons (Fsp3) is 0.200. The van der Waals surface area contributed by atoms with Crippen LogP contribution in [0.25, 0.3) is 0 Å². The lowest BCUT2D eigenvalue weighted by Gasteiger charge is -2.03. The van der Waals surface area contributed by atoms with Gasteiger partial charge in [0.2, 0.25) is 0 Å². The maximum Gasteiger partial charge on any atom is 0.252 e. The van der Waals surface area contributed by atoms with Crippen molar-refractivity contribution in [3.63, 3.8) is 0 Å². The number of hydrogen-bond acceptors (Lipinski definition) is 3. The molecule has 4 heteroatoms. The summed E-state index contributed by atoms with van der Waals surface area (Å²) in [6.07, 6.45) is 0. The standard InChI is InChI=1S/C10H10N2O2/c1-7-2-3-8(6-9(7)13)10(14)12-5-4-11/h2-3,6,13H,5H2,1H3,(H,12,14). The summed E-state index contributed by atoms with van der Waals surface area (Å²) in [6.45, 7) is 1.71. The summed E-state index contributed by atoms with van der Waals surface area (Å²) < 4.78 is 0. The Morgan fingerprint density at radius 1 is 1.64 bits per heavy atom. The fourth-order valence-corrected chi connectivity index (χ4v) is 0.973. The molecule has 1 aromatic carbocycles. The maximum absolute atomic E-state index is 11.3. The highest BCUT2D eigenvalue weighted by molar-refractivity contribution is 5.94. The van der Waals surface area contributed by atoms with Crippen molar-refractivity contribution in [3.05, 3.63) is 29.3 Å². The normalized spacial score (nSPS) is 9.14. The molecule has 0 bridgehead atoms. The van der Waals surface area contributed by atoms with Crippen molar-refractivity contribution in [1.82, 2.24) is 5.32 Å². The highest BCUT2D eigenvalue weighted by atomic mass is 16.3. The Morgan fingerprint density at radius 3 is 2.93 bits per heavy atom. The van der Waals surface area contributed by atoms with Gasteiger partial charge in [0.25, 0.3) is 5.91 Å². The summed E-state index contributed by atoms with van der Waals surface area (Å²) in [5.74, 6) is -0.281. The quantitative estimate of drug-likeness (QED) is 0.682. The van der Waals surface area contributed by atoms with Crippen molar-refractivity contribution >= 4 is 5.91 Å². The molecule has 72 valence electrons. The minimum atomic E-state index is -0.359. The Morgan fingerprint density at radius 2 is 2.36 bits per heavy atom. The maximum atomic E-state index is 11.3. The van der Waals surface area contributed by atoms with Gasteiger partial charge >= 0.3 is 0 Å². The van der Waals surface area contributed by atoms with E-state index in [-0.39, 0.29) is 18.2 Å². The summed E-state index contributed by atoms with van der Waals surface area (Å²) >= 11 is 0. The van der Waals surface area contributed by atoms with Crippen LogP contribution in [-0.4, -0.2) is 17.6 Å². The van der Waals surface area contributed by atoms with Gasteiger partial charge < -0.3 is 10.4 Å². The van der Waals surface area contributed by atoms with E-state index in [1.165, 1.54) is 6.07 Å². The minimum Gasteiger partial charge on any atom is -0.508 e. The molecule has 14 heavy (non-hydrogen) atoms. The molecule has 0 heterocycles. The Balaban J connectivity index is 2.82. The zero-order valence-corrected chi connectivity index (χ0v) is 7.74. The number of nitrogens with one attached hydrogen (secondary N) is 1. The first kappa shape index (κ1) is 10.1. The molecular weight excluding hydrogens is 180 g/mol. The Kier molecular flexibility index (Phi) is 3.08. The van der Waals surface area contributed by atoms with E-state index in [2.05, 4.69) is 5.32 Å². The smallest absolute Gasteiger partial charge is 0.252 e. The first-order valence-electron chi connectivity index (χ1n) is 4.10. The lowest BCUT2D eigenvalue weighted by molar-refractivity contribution is 0.0958. The average molecular weight is 190 g/mol. The van der Waals surface area contributed by atoms with E-state index in [1.807, 2.05) is 0 Å². The van der Waals surface area contributed by atoms with Gasteiger partial charge in [-0.2, -0.15) is 5.26 Å². The third kappa shape index (κ3) is 2.23. The molecule has 0 saturated heterocycles. The summed E-state index contributed by atoms with van der Waals surface area (Å²) in [4.78, 5) is 11.3. The first-order valence-corrected chi connectivity index (χ1v) is 4.10. The molecular formula is C10H10N2O2. The van der Waals surface area contributed by atoms with Gasteiger partial charge in [0, 0.05) is 5.56 Å². The lowest BCUT2D eigenvalue weighted by Crippen LogP contribution is -2.23. The summed E-state index contributed by atoms with van der Waals surface area (Å²) in [6, 6.07) is 6.43. The number of hydrogen-bond donors (Lipinski definition) is 2. The van der Waals surface area contributed by atoms with Gasteiger partial charge in [0.05, 0.1) is 6.07 Å². The molecule has 0 saturated carbocycles. The van der Waals surface area contributed by atoms with Crippen molar-refractivity contribution in [3.8, 4) is 11.8 Å². The molecule has 1 amide bonds. The second kappa shape index (κ2) is 4.28. The molecule has 2 N–H and O–H groups in total. The van der Waals surface area contributed by atoms with E-state index in [4.69, 9.17) is 5.26 Å². The van der Waals surface area contributed by atoms with E-state index in [1.54, 1.807) is 25.1 Å². The van der Waals surface area contributed by atoms with Gasteiger partial charge in [0.15, 0.2) is 0 Å². The van der Waals surface area contributed by atoms with E-state index >= 15 is 0 Å². The molecule has 0 aromatic heterocycles. The van der Waals surface area contributed by atoms with Crippen LogP contribution in [0.15, 0.2) is 18.2 Å². The Bertz CT molecular complexity index is 394. The number of aryl methyl sites for hydroxylation is 1. The highest BCUT2D eigenvalue weighted by Gasteiger charge is 2.06. The molecule has 0 radical (unpaired) electrons. The van der Waals surface area contributed by atoms with Crippen LogP contribution in [0.4, 0.5) is 0 Å². The van der Waals surface area contributed by atoms with Gasteiger partial charge in [-0.25, -0.2) is 0 Å². The van der Waals surface area contributed by atoms with E-state index in [0.29, 0.717) is 11.1 Å². The largest absolute Gasteiger partial charge is 0.508 e. The third-order valence-electron chi connectivity index (χ3n) is 1.80. The summed E-state index contributed by atoms with van der Waals surface area (Å²) in [5.41, 5.74) is 1.06. The van der Waals surface area contributed by atoms with Crippen molar-refractivity contribution in [2.75, 3.05) is 6.54 Å². The Labute approximate surface area is 81.8 Å². The van der Waals surface area contributed by atoms with E-state index < -0.39 is 0 Å². The van der Waals surface area contributed by atoms with Gasteiger partial charge in [-0.05, 0) is 24.6 Å². The average Bonchev–Trinajstić information content (AvgIpc) is 2.18. The van der Waals surface area contributed by atoms with Gasteiger partial charge in [-0.15, -0.1) is 0 Å². The number of phenols is 1. The minimum absolute atomic E-state index is 0.0343. The highest BCUT2D eigenvalue weighted by Crippen LogP contribution is 2.16. The third-order valence-corrected chi connectivity index (χ3v) is 1.80. The topological polar surface area (TPSA) is 73.1 Å². The van der Waals surface area contributed by atoms with Crippen molar-refractivity contribution < 1.29 is 9.90 Å². The molecule has 0 spiro atoms. The number of amides is 1. The molecule has 0 atom stereocenters. The van der Waals surface area contributed by atoms with Gasteiger partial charge in [0.1, 0.15) is 12.3 Å². The monoisotopic (exact) mass is 190 g/mol. The fourth-order valence-electron chi connectivity index (χ4n) is 0.973. The summed E-state index contributed by atoms with van der Waals surface area (Å²) in [5, 5.41) is 20.0. The number of rotatable bonds is 2. The van der Waals surface area contributed by atoms with Crippen LogP contribution in [0.2, 0.25) is 0 Å². The molecule has 1 rings (SSSR count). The van der Waals surface area contributed by atoms with Crippen LogP contribution < -0.4 is 5.32 Å². The zero-order chi connectivity index (χ0) is 10.6. The van der Waals surface area contributed by atoms with Gasteiger partial charge in [-0.1, -0.05) is 6.07 Å². The van der Waals surface area contributed by atoms with Crippen LogP contribution in [0.5, 0.6) is 5.75 Å². The predicted molar refractivity (Wildman–Crippen MR) is 50.8 cm³/mol. The molecule has 0 aliphatic heterocycles. The first-order chi connectivity index (χ1) is 6.65. The van der Waals surface area contributed by atoms with E-state index in [0.717, 1.165) is 0 Å². The van der Waals surface area contributed by atoms with Crippen molar-refractivity contribution in [2.24, 2.45) is 0 Å². The SMILES string of the molecule is Cc1ccc(C(=O)NCC#N)cc1O. The second-order valence-electron chi connectivity index (χ2n) is 2.84. The number of carbonyl (C=O) groups is 1. The zero-order valence-electron chi connectivity index (χ0n) is 7.74. The molecule has 0 fully saturated rings. The van der Waals surface area contributed by atoms with Crippen LogP contribution in [0, 0.1) is 18.3 Å². The van der Waals surface area contributed by atoms with Gasteiger partial charge in [-0.3, -0.25) is 4.79 Å². The molecule has 0 aliphatic rings. The van der Waals surface area contributed by atoms with Crippen molar-refractivity contribution in [1.29, 1.82) is 5.26 Å². The second-order valence-corrected chi connectivity index (χ2v) is 2.84. The number of phenolic OH excluding ortho intramolecular Hbond substituents is 1. The molecule has 0 unspecified atom stereocenters. The van der Waals surface area contributed by atoms with Crippen molar-refractivity contribution in [2.45, 2.75) is 6.92 Å². The lowest BCUT2D eigenvalue weighted by atomic mass is 10.1. The van der Waals surface area contributed by atoms with E-state index in [9.17, 15) is 9.90 Å². The van der Waals surface area contributed by atoms with Crippen LogP contribution >= 0.6 is 0 Å². The number of nitrogens with zero attached hydrogens (tertiary/aromatic N) is 1. The Hall–Kier alpha value is -2.02. The number of aromatic hydroxyl groups is 1.